The number of hydrogen-bond acceptors (Lipinski definition) is 1. The van der Waals surface area contributed by atoms with Crippen LogP contribution in [0.4, 0.5) is 0 Å². The van der Waals surface area contributed by atoms with Crippen LogP contribution in [0.25, 0.3) is 0 Å². The lowest BCUT2D eigenvalue weighted by Crippen LogP contribution is -2.23. The van der Waals surface area contributed by atoms with Crippen molar-refractivity contribution in [2.45, 2.75) is 26.8 Å². The van der Waals surface area contributed by atoms with Crippen LogP contribution in [0.1, 0.15) is 32.4 Å². The molecule has 0 heterocycles. The average molecular weight is 212 g/mol. The first-order valence-electron chi connectivity index (χ1n) is 5.08. The maximum absolute atomic E-state index is 5.92. The molecule has 0 saturated heterocycles. The van der Waals surface area contributed by atoms with Crippen LogP contribution in [-0.2, 0) is 0 Å². The Morgan fingerprint density at radius 3 is 2.57 bits per heavy atom. The molecule has 0 radical (unpaired) electrons. The van der Waals surface area contributed by atoms with Crippen LogP contribution in [0.5, 0.6) is 0 Å². The van der Waals surface area contributed by atoms with Gasteiger partial charge in [0.15, 0.2) is 0 Å². The summed E-state index contributed by atoms with van der Waals surface area (Å²) in [4.78, 5) is 0. The van der Waals surface area contributed by atoms with Crippen molar-refractivity contribution in [1.29, 1.82) is 0 Å². The van der Waals surface area contributed by atoms with Gasteiger partial charge in [0.25, 0.3) is 0 Å². The fraction of sp³-hybridized carbons (Fsp3) is 0.500. The molecule has 1 nitrogen and oxygen atoms in total. The Balaban J connectivity index is 2.56. The zero-order valence-corrected chi connectivity index (χ0v) is 9.81. The third-order valence-electron chi connectivity index (χ3n) is 2.18. The van der Waals surface area contributed by atoms with Crippen molar-refractivity contribution < 1.29 is 0 Å². The summed E-state index contributed by atoms with van der Waals surface area (Å²) in [6.45, 7) is 7.61. The lowest BCUT2D eigenvalue weighted by Gasteiger charge is -2.15. The van der Waals surface area contributed by atoms with Crippen LogP contribution < -0.4 is 5.32 Å². The summed E-state index contributed by atoms with van der Waals surface area (Å²) < 4.78 is 0. The van der Waals surface area contributed by atoms with Crippen LogP contribution >= 0.6 is 11.6 Å². The number of hydrogen-bond donors (Lipinski definition) is 1. The minimum atomic E-state index is 0.371. The second-order valence-corrected chi connectivity index (χ2v) is 4.52. The molecule has 1 N–H and O–H groups in total. The Morgan fingerprint density at radius 2 is 2.00 bits per heavy atom. The summed E-state index contributed by atoms with van der Waals surface area (Å²) in [5.74, 6) is 0.677. The molecule has 0 saturated carbocycles. The van der Waals surface area contributed by atoms with Crippen molar-refractivity contribution in [1.82, 2.24) is 5.32 Å². The zero-order chi connectivity index (χ0) is 10.6. The van der Waals surface area contributed by atoms with E-state index in [0.717, 1.165) is 11.6 Å². The van der Waals surface area contributed by atoms with Gasteiger partial charge in [-0.25, -0.2) is 0 Å². The molecule has 0 aromatic heterocycles. The first-order chi connectivity index (χ1) is 6.59. The summed E-state index contributed by atoms with van der Waals surface area (Å²) in [7, 11) is 0. The molecule has 1 rings (SSSR count). The van der Waals surface area contributed by atoms with Gasteiger partial charge < -0.3 is 5.32 Å². The van der Waals surface area contributed by atoms with E-state index in [4.69, 9.17) is 11.6 Å². The highest BCUT2D eigenvalue weighted by Gasteiger charge is 2.05. The van der Waals surface area contributed by atoms with Crippen molar-refractivity contribution in [3.8, 4) is 0 Å². The fourth-order valence-corrected chi connectivity index (χ4v) is 1.50. The SMILES string of the molecule is CC(C)CNC(C)c1cccc(Cl)c1. The van der Waals surface area contributed by atoms with Gasteiger partial charge in [-0.2, -0.15) is 0 Å². The summed E-state index contributed by atoms with van der Waals surface area (Å²) >= 11 is 5.92. The summed E-state index contributed by atoms with van der Waals surface area (Å²) in [6.07, 6.45) is 0. The molecule has 1 unspecified atom stereocenters. The van der Waals surface area contributed by atoms with Gasteiger partial charge >= 0.3 is 0 Å². The van der Waals surface area contributed by atoms with Gasteiger partial charge in [0.05, 0.1) is 0 Å². The van der Waals surface area contributed by atoms with E-state index in [9.17, 15) is 0 Å². The van der Waals surface area contributed by atoms with Crippen LogP contribution in [-0.4, -0.2) is 6.54 Å². The smallest absolute Gasteiger partial charge is 0.0409 e. The molecule has 1 aromatic rings. The molecule has 0 fully saturated rings. The van der Waals surface area contributed by atoms with Crippen molar-refractivity contribution in [2.24, 2.45) is 5.92 Å². The second kappa shape index (κ2) is 5.38. The van der Waals surface area contributed by atoms with Gasteiger partial charge in [-0.1, -0.05) is 37.6 Å². The maximum atomic E-state index is 5.92. The van der Waals surface area contributed by atoms with Gasteiger partial charge in [-0.15, -0.1) is 0 Å². The molecule has 0 bridgehead atoms. The van der Waals surface area contributed by atoms with Crippen molar-refractivity contribution >= 4 is 11.6 Å². The van der Waals surface area contributed by atoms with E-state index >= 15 is 0 Å². The van der Waals surface area contributed by atoms with Crippen molar-refractivity contribution in [3.63, 3.8) is 0 Å². The monoisotopic (exact) mass is 211 g/mol. The Labute approximate surface area is 91.5 Å². The van der Waals surface area contributed by atoms with E-state index in [2.05, 4.69) is 32.2 Å². The van der Waals surface area contributed by atoms with Crippen LogP contribution in [0, 0.1) is 5.92 Å². The molecule has 1 aromatic carbocycles. The minimum Gasteiger partial charge on any atom is -0.310 e. The number of rotatable bonds is 4. The van der Waals surface area contributed by atoms with E-state index < -0.39 is 0 Å². The van der Waals surface area contributed by atoms with Gasteiger partial charge in [-0.05, 0) is 37.1 Å². The molecule has 78 valence electrons. The minimum absolute atomic E-state index is 0.371. The number of nitrogens with one attached hydrogen (secondary N) is 1. The quantitative estimate of drug-likeness (QED) is 0.802. The van der Waals surface area contributed by atoms with Crippen LogP contribution in [0.2, 0.25) is 5.02 Å². The van der Waals surface area contributed by atoms with Crippen LogP contribution in [0.3, 0.4) is 0 Å². The van der Waals surface area contributed by atoms with E-state index in [1.54, 1.807) is 0 Å². The molecule has 0 aliphatic heterocycles. The fourth-order valence-electron chi connectivity index (χ4n) is 1.31. The highest BCUT2D eigenvalue weighted by Crippen LogP contribution is 2.17. The summed E-state index contributed by atoms with van der Waals surface area (Å²) in [5, 5.41) is 4.27. The van der Waals surface area contributed by atoms with E-state index in [0.29, 0.717) is 12.0 Å². The van der Waals surface area contributed by atoms with E-state index in [1.807, 2.05) is 18.2 Å². The first-order valence-corrected chi connectivity index (χ1v) is 5.46. The van der Waals surface area contributed by atoms with Gasteiger partial charge in [-0.3, -0.25) is 0 Å². The molecule has 2 heteroatoms. The largest absolute Gasteiger partial charge is 0.310 e. The topological polar surface area (TPSA) is 12.0 Å². The predicted molar refractivity (Wildman–Crippen MR) is 62.7 cm³/mol. The normalized spacial score (nSPS) is 13.2. The summed E-state index contributed by atoms with van der Waals surface area (Å²) in [5.41, 5.74) is 1.25. The highest BCUT2D eigenvalue weighted by atomic mass is 35.5. The molecule has 0 amide bonds. The molecule has 0 aliphatic carbocycles. The highest BCUT2D eigenvalue weighted by molar-refractivity contribution is 6.30. The standard InChI is InChI=1S/C12H18ClN/c1-9(2)8-14-10(3)11-5-4-6-12(13)7-11/h4-7,9-10,14H,8H2,1-3H3. The Kier molecular flexibility index (Phi) is 4.43. The number of halogens is 1. The van der Waals surface area contributed by atoms with Crippen molar-refractivity contribution in [2.75, 3.05) is 6.54 Å². The molecule has 0 aliphatic rings. The average Bonchev–Trinajstić information content (AvgIpc) is 2.14. The molecule has 14 heavy (non-hydrogen) atoms. The molecular formula is C12H18ClN. The Morgan fingerprint density at radius 1 is 1.29 bits per heavy atom. The van der Waals surface area contributed by atoms with Gasteiger partial charge in [0, 0.05) is 11.1 Å². The van der Waals surface area contributed by atoms with E-state index in [1.165, 1.54) is 5.56 Å². The van der Waals surface area contributed by atoms with Gasteiger partial charge in [0.1, 0.15) is 0 Å². The van der Waals surface area contributed by atoms with Gasteiger partial charge in [0.2, 0.25) is 0 Å². The molecule has 0 spiro atoms. The Bertz CT molecular complexity index is 283. The molecule has 1 atom stereocenters. The van der Waals surface area contributed by atoms with E-state index in [-0.39, 0.29) is 0 Å². The van der Waals surface area contributed by atoms with Crippen LogP contribution in [0.15, 0.2) is 24.3 Å². The predicted octanol–water partition coefficient (Wildman–Crippen LogP) is 3.65. The lowest BCUT2D eigenvalue weighted by atomic mass is 10.1. The third-order valence-corrected chi connectivity index (χ3v) is 2.42. The lowest BCUT2D eigenvalue weighted by molar-refractivity contribution is 0.496. The number of benzene rings is 1. The maximum Gasteiger partial charge on any atom is 0.0409 e. The van der Waals surface area contributed by atoms with Crippen molar-refractivity contribution in [3.05, 3.63) is 34.9 Å². The summed E-state index contributed by atoms with van der Waals surface area (Å²) in [6, 6.07) is 8.38. The molecular weight excluding hydrogens is 194 g/mol. The second-order valence-electron chi connectivity index (χ2n) is 4.08. The Hall–Kier alpha value is -0.530. The zero-order valence-electron chi connectivity index (χ0n) is 9.05. The third kappa shape index (κ3) is 3.69. The first kappa shape index (κ1) is 11.5.